The number of aromatic nitrogens is 2. The molecule has 0 aliphatic heterocycles. The molecular weight excluding hydrogens is 354 g/mol. The Morgan fingerprint density at radius 1 is 0.750 bits per heavy atom. The number of hydrogen-bond donors (Lipinski definition) is 3. The van der Waals surface area contributed by atoms with Gasteiger partial charge >= 0.3 is 0 Å². The number of carbonyl (C=O) groups is 2. The van der Waals surface area contributed by atoms with E-state index in [9.17, 15) is 9.59 Å². The fourth-order valence-corrected chi connectivity index (χ4v) is 2.75. The number of anilines is 4. The highest BCUT2D eigenvalue weighted by atomic mass is 16.2. The lowest BCUT2D eigenvalue weighted by Crippen LogP contribution is -2.14. The summed E-state index contributed by atoms with van der Waals surface area (Å²) < 4.78 is 0. The quantitative estimate of drug-likeness (QED) is 0.625. The van der Waals surface area contributed by atoms with E-state index in [1.165, 1.54) is 6.92 Å². The molecule has 2 amide bonds. The molecule has 28 heavy (non-hydrogen) atoms. The highest BCUT2D eigenvalue weighted by Gasteiger charge is 2.09. The summed E-state index contributed by atoms with van der Waals surface area (Å²) in [5.74, 6) is 0.0421. The molecule has 0 aliphatic rings. The minimum atomic E-state index is -0.363. The highest BCUT2D eigenvalue weighted by molar-refractivity contribution is 6.03. The molecule has 0 atom stereocenters. The Morgan fingerprint density at radius 2 is 1.36 bits per heavy atom. The first-order valence-electron chi connectivity index (χ1n) is 8.77. The van der Waals surface area contributed by atoms with E-state index in [2.05, 4.69) is 32.2 Å². The Labute approximate surface area is 163 Å². The lowest BCUT2D eigenvalue weighted by molar-refractivity contribution is -0.114. The first-order chi connectivity index (χ1) is 13.4. The van der Waals surface area contributed by atoms with Crippen LogP contribution >= 0.6 is 0 Å². The van der Waals surface area contributed by atoms with Gasteiger partial charge in [-0.2, -0.15) is 0 Å². The smallest absolute Gasteiger partial charge is 0.276 e. The third-order valence-electron chi connectivity index (χ3n) is 3.85. The molecule has 0 unspecified atom stereocenters. The fourth-order valence-electron chi connectivity index (χ4n) is 2.75. The van der Waals surface area contributed by atoms with Gasteiger partial charge in [0.05, 0.1) is 0 Å². The maximum absolute atomic E-state index is 12.3. The maximum atomic E-state index is 12.3. The van der Waals surface area contributed by atoms with Crippen LogP contribution in [0.3, 0.4) is 0 Å². The average Bonchev–Trinajstić information content (AvgIpc) is 2.62. The van der Waals surface area contributed by atoms with E-state index in [0.717, 1.165) is 16.8 Å². The van der Waals surface area contributed by atoms with Gasteiger partial charge < -0.3 is 16.0 Å². The van der Waals surface area contributed by atoms with E-state index in [-0.39, 0.29) is 17.5 Å². The lowest BCUT2D eigenvalue weighted by Gasteiger charge is -2.09. The number of nitrogens with one attached hydrogen (secondary N) is 3. The Balaban J connectivity index is 1.64. The molecule has 3 rings (SSSR count). The monoisotopic (exact) mass is 375 g/mol. The van der Waals surface area contributed by atoms with Crippen LogP contribution in [0.5, 0.6) is 0 Å². The van der Waals surface area contributed by atoms with Crippen molar-refractivity contribution in [2.24, 2.45) is 0 Å². The minimum absolute atomic E-state index is 0.151. The molecule has 0 saturated carbocycles. The number of aryl methyl sites for hydroxylation is 2. The van der Waals surface area contributed by atoms with Crippen molar-refractivity contribution < 1.29 is 9.59 Å². The van der Waals surface area contributed by atoms with Gasteiger partial charge in [-0.1, -0.05) is 6.07 Å². The van der Waals surface area contributed by atoms with Gasteiger partial charge in [0.25, 0.3) is 5.91 Å². The molecule has 0 fully saturated rings. The first kappa shape index (κ1) is 19.0. The van der Waals surface area contributed by atoms with Crippen LogP contribution < -0.4 is 16.0 Å². The van der Waals surface area contributed by atoms with E-state index in [4.69, 9.17) is 0 Å². The van der Waals surface area contributed by atoms with Crippen molar-refractivity contribution in [1.29, 1.82) is 0 Å². The molecule has 7 nitrogen and oxygen atoms in total. The zero-order chi connectivity index (χ0) is 20.1. The van der Waals surface area contributed by atoms with Gasteiger partial charge in [0.1, 0.15) is 0 Å². The SMILES string of the molecule is CC(=O)Nc1ccc(NC(=O)c2ccc(Nc3cc(C)cc(C)c3)nn2)cc1. The zero-order valence-corrected chi connectivity index (χ0v) is 15.9. The van der Waals surface area contributed by atoms with Crippen molar-refractivity contribution in [3.05, 3.63) is 71.4 Å². The number of benzene rings is 2. The Morgan fingerprint density at radius 3 is 1.89 bits per heavy atom. The van der Waals surface area contributed by atoms with Crippen LogP contribution in [-0.2, 0) is 4.79 Å². The maximum Gasteiger partial charge on any atom is 0.276 e. The van der Waals surface area contributed by atoms with Crippen LogP contribution in [0.4, 0.5) is 22.9 Å². The number of hydrogen-bond acceptors (Lipinski definition) is 5. The fraction of sp³-hybridized carbons (Fsp3) is 0.143. The van der Waals surface area contributed by atoms with Crippen LogP contribution in [0.1, 0.15) is 28.5 Å². The zero-order valence-electron chi connectivity index (χ0n) is 15.9. The summed E-state index contributed by atoms with van der Waals surface area (Å²) in [5.41, 5.74) is 4.68. The predicted octanol–water partition coefficient (Wildman–Crippen LogP) is 4.05. The van der Waals surface area contributed by atoms with Gasteiger partial charge in [0, 0.05) is 24.0 Å². The summed E-state index contributed by atoms with van der Waals surface area (Å²) in [6.45, 7) is 5.49. The van der Waals surface area contributed by atoms with Gasteiger partial charge in [-0.3, -0.25) is 9.59 Å². The van der Waals surface area contributed by atoms with E-state index in [1.807, 2.05) is 26.0 Å². The molecule has 0 radical (unpaired) electrons. The van der Waals surface area contributed by atoms with Crippen molar-refractivity contribution in [1.82, 2.24) is 10.2 Å². The molecule has 142 valence electrons. The summed E-state index contributed by atoms with van der Waals surface area (Å²) in [5, 5.41) is 16.7. The van der Waals surface area contributed by atoms with Crippen LogP contribution in [0.2, 0.25) is 0 Å². The van der Waals surface area contributed by atoms with Crippen molar-refractivity contribution in [2.45, 2.75) is 20.8 Å². The third-order valence-corrected chi connectivity index (χ3v) is 3.85. The van der Waals surface area contributed by atoms with Gasteiger partial charge in [-0.25, -0.2) is 0 Å². The molecule has 0 spiro atoms. The Bertz CT molecular complexity index is 978. The van der Waals surface area contributed by atoms with E-state index in [0.29, 0.717) is 17.2 Å². The van der Waals surface area contributed by atoms with Gasteiger partial charge in [0.15, 0.2) is 11.5 Å². The number of carbonyl (C=O) groups excluding carboxylic acids is 2. The van der Waals surface area contributed by atoms with Crippen LogP contribution in [0, 0.1) is 13.8 Å². The second kappa shape index (κ2) is 8.30. The Hall–Kier alpha value is -3.74. The van der Waals surface area contributed by atoms with Crippen LogP contribution in [-0.4, -0.2) is 22.0 Å². The standard InChI is InChI=1S/C21H21N5O2/c1-13-10-14(2)12-18(11-13)23-20-9-8-19(25-26-20)21(28)24-17-6-4-16(5-7-17)22-15(3)27/h4-12H,1-3H3,(H,22,27)(H,23,26)(H,24,28). The van der Waals surface area contributed by atoms with Gasteiger partial charge in [-0.05, 0) is 73.5 Å². The van der Waals surface area contributed by atoms with Crippen molar-refractivity contribution in [3.8, 4) is 0 Å². The lowest BCUT2D eigenvalue weighted by atomic mass is 10.1. The van der Waals surface area contributed by atoms with E-state index < -0.39 is 0 Å². The minimum Gasteiger partial charge on any atom is -0.339 e. The summed E-state index contributed by atoms with van der Waals surface area (Å²) in [4.78, 5) is 23.4. The largest absolute Gasteiger partial charge is 0.339 e. The normalized spacial score (nSPS) is 10.2. The number of nitrogens with zero attached hydrogens (tertiary/aromatic N) is 2. The van der Waals surface area contributed by atoms with E-state index >= 15 is 0 Å². The van der Waals surface area contributed by atoms with E-state index in [1.54, 1.807) is 36.4 Å². The molecule has 1 heterocycles. The predicted molar refractivity (Wildman–Crippen MR) is 110 cm³/mol. The topological polar surface area (TPSA) is 96.0 Å². The van der Waals surface area contributed by atoms with Crippen LogP contribution in [0.25, 0.3) is 0 Å². The second-order valence-corrected chi connectivity index (χ2v) is 6.52. The number of rotatable bonds is 5. The molecule has 0 saturated heterocycles. The van der Waals surface area contributed by atoms with Gasteiger partial charge in [0.2, 0.25) is 5.91 Å². The molecule has 2 aromatic carbocycles. The van der Waals surface area contributed by atoms with Crippen molar-refractivity contribution in [2.75, 3.05) is 16.0 Å². The molecule has 3 aromatic rings. The van der Waals surface area contributed by atoms with Crippen molar-refractivity contribution >= 4 is 34.7 Å². The summed E-state index contributed by atoms with van der Waals surface area (Å²) >= 11 is 0. The average molecular weight is 375 g/mol. The molecular formula is C21H21N5O2. The summed E-state index contributed by atoms with van der Waals surface area (Å²) in [6, 6.07) is 16.3. The highest BCUT2D eigenvalue weighted by Crippen LogP contribution is 2.18. The first-order valence-corrected chi connectivity index (χ1v) is 8.77. The molecule has 0 bridgehead atoms. The molecule has 0 aliphatic carbocycles. The summed E-state index contributed by atoms with van der Waals surface area (Å²) in [7, 11) is 0. The van der Waals surface area contributed by atoms with Gasteiger partial charge in [-0.15, -0.1) is 10.2 Å². The third kappa shape index (κ3) is 5.14. The Kier molecular flexibility index (Phi) is 5.64. The molecule has 3 N–H and O–H groups in total. The summed E-state index contributed by atoms with van der Waals surface area (Å²) in [6.07, 6.45) is 0. The van der Waals surface area contributed by atoms with Crippen LogP contribution in [0.15, 0.2) is 54.6 Å². The second-order valence-electron chi connectivity index (χ2n) is 6.52. The van der Waals surface area contributed by atoms with Crippen molar-refractivity contribution in [3.63, 3.8) is 0 Å². The molecule has 7 heteroatoms. The number of amides is 2. The molecule has 1 aromatic heterocycles.